The molecule has 1 aliphatic rings. The standard InChI is InChI=1S/C8H12N4S/c1-4-6-5(3-10-4)11-8(13-2)12-7(6)9/h4,10H,3H2,1-2H3,(H2,9,11,12). The molecule has 0 radical (unpaired) electrons. The average molecular weight is 196 g/mol. The molecule has 5 heteroatoms. The number of nitrogens with one attached hydrogen (secondary N) is 1. The van der Waals surface area contributed by atoms with Gasteiger partial charge in [-0.2, -0.15) is 0 Å². The van der Waals surface area contributed by atoms with Crippen molar-refractivity contribution in [3.8, 4) is 0 Å². The summed E-state index contributed by atoms with van der Waals surface area (Å²) in [5, 5.41) is 4.04. The molecule has 0 bridgehead atoms. The molecular weight excluding hydrogens is 184 g/mol. The number of aromatic nitrogens is 2. The van der Waals surface area contributed by atoms with Crippen molar-refractivity contribution >= 4 is 17.6 Å². The summed E-state index contributed by atoms with van der Waals surface area (Å²) >= 11 is 1.52. The molecule has 1 atom stereocenters. The Kier molecular flexibility index (Phi) is 2.13. The van der Waals surface area contributed by atoms with Gasteiger partial charge in [0.25, 0.3) is 0 Å². The lowest BCUT2D eigenvalue weighted by Gasteiger charge is -2.07. The van der Waals surface area contributed by atoms with Crippen molar-refractivity contribution in [1.82, 2.24) is 15.3 Å². The molecule has 1 aromatic rings. The average Bonchev–Trinajstić information content (AvgIpc) is 2.48. The van der Waals surface area contributed by atoms with E-state index in [9.17, 15) is 0 Å². The van der Waals surface area contributed by atoms with Crippen LogP contribution in [0.25, 0.3) is 0 Å². The SMILES string of the molecule is CSc1nc(N)c2c(n1)CNC2C. The Labute approximate surface area is 81.3 Å². The Morgan fingerprint density at radius 2 is 2.31 bits per heavy atom. The fourth-order valence-corrected chi connectivity index (χ4v) is 1.95. The zero-order valence-corrected chi connectivity index (χ0v) is 8.48. The van der Waals surface area contributed by atoms with Crippen molar-refractivity contribution in [1.29, 1.82) is 0 Å². The molecule has 1 aromatic heterocycles. The number of nitrogen functional groups attached to an aromatic ring is 1. The van der Waals surface area contributed by atoms with E-state index in [0.717, 1.165) is 23.0 Å². The van der Waals surface area contributed by atoms with Crippen LogP contribution < -0.4 is 11.1 Å². The first-order valence-corrected chi connectivity index (χ1v) is 5.38. The summed E-state index contributed by atoms with van der Waals surface area (Å²) in [5.74, 6) is 0.617. The van der Waals surface area contributed by atoms with Crippen molar-refractivity contribution < 1.29 is 0 Å². The molecule has 70 valence electrons. The zero-order chi connectivity index (χ0) is 9.42. The summed E-state index contributed by atoms with van der Waals surface area (Å²) in [5.41, 5.74) is 7.95. The second-order valence-corrected chi connectivity index (χ2v) is 3.83. The monoisotopic (exact) mass is 196 g/mol. The van der Waals surface area contributed by atoms with Gasteiger partial charge in [0.2, 0.25) is 0 Å². The third kappa shape index (κ3) is 1.38. The highest BCUT2D eigenvalue weighted by molar-refractivity contribution is 7.98. The lowest BCUT2D eigenvalue weighted by molar-refractivity contribution is 0.632. The highest BCUT2D eigenvalue weighted by atomic mass is 32.2. The Bertz CT molecular complexity index is 339. The van der Waals surface area contributed by atoms with E-state index in [0.29, 0.717) is 5.82 Å². The Hall–Kier alpha value is -0.810. The summed E-state index contributed by atoms with van der Waals surface area (Å²) in [6, 6.07) is 0.283. The molecule has 2 heterocycles. The van der Waals surface area contributed by atoms with Gasteiger partial charge < -0.3 is 11.1 Å². The van der Waals surface area contributed by atoms with Gasteiger partial charge in [0.1, 0.15) is 5.82 Å². The van der Waals surface area contributed by atoms with Crippen LogP contribution in [0.3, 0.4) is 0 Å². The second-order valence-electron chi connectivity index (χ2n) is 3.06. The summed E-state index contributed by atoms with van der Waals surface area (Å²) in [4.78, 5) is 8.60. The minimum atomic E-state index is 0.283. The fourth-order valence-electron chi connectivity index (χ4n) is 1.56. The molecule has 1 unspecified atom stereocenters. The number of nitrogens with two attached hydrogens (primary N) is 1. The molecule has 0 fully saturated rings. The van der Waals surface area contributed by atoms with Gasteiger partial charge in [-0.3, -0.25) is 0 Å². The van der Waals surface area contributed by atoms with Crippen LogP contribution in [0.5, 0.6) is 0 Å². The first-order chi connectivity index (χ1) is 6.22. The van der Waals surface area contributed by atoms with Crippen molar-refractivity contribution in [3.05, 3.63) is 11.3 Å². The first-order valence-electron chi connectivity index (χ1n) is 4.16. The fraction of sp³-hybridized carbons (Fsp3) is 0.500. The molecule has 0 spiro atoms. The van der Waals surface area contributed by atoms with Crippen LogP contribution in [-0.4, -0.2) is 16.2 Å². The molecule has 13 heavy (non-hydrogen) atoms. The topological polar surface area (TPSA) is 63.8 Å². The van der Waals surface area contributed by atoms with Gasteiger partial charge in [-0.15, -0.1) is 0 Å². The van der Waals surface area contributed by atoms with Crippen LogP contribution in [0.4, 0.5) is 5.82 Å². The highest BCUT2D eigenvalue weighted by Gasteiger charge is 2.23. The molecule has 3 N–H and O–H groups in total. The van der Waals surface area contributed by atoms with Crippen LogP contribution in [0.15, 0.2) is 5.16 Å². The van der Waals surface area contributed by atoms with Gasteiger partial charge in [-0.05, 0) is 13.2 Å². The number of nitrogens with zero attached hydrogens (tertiary/aromatic N) is 2. The first kappa shape index (κ1) is 8.77. The molecule has 2 rings (SSSR count). The second kappa shape index (κ2) is 3.16. The van der Waals surface area contributed by atoms with E-state index in [1.54, 1.807) is 0 Å². The lowest BCUT2D eigenvalue weighted by Crippen LogP contribution is -2.08. The van der Waals surface area contributed by atoms with Crippen molar-refractivity contribution in [2.45, 2.75) is 24.7 Å². The maximum Gasteiger partial charge on any atom is 0.189 e. The van der Waals surface area contributed by atoms with Crippen molar-refractivity contribution in [2.24, 2.45) is 0 Å². The van der Waals surface area contributed by atoms with E-state index < -0.39 is 0 Å². The predicted molar refractivity (Wildman–Crippen MR) is 53.5 cm³/mol. The molecule has 1 aliphatic heterocycles. The minimum absolute atomic E-state index is 0.283. The third-order valence-corrected chi connectivity index (χ3v) is 2.77. The molecular formula is C8H12N4S. The highest BCUT2D eigenvalue weighted by Crippen LogP contribution is 2.28. The van der Waals surface area contributed by atoms with Gasteiger partial charge in [-0.1, -0.05) is 11.8 Å². The summed E-state index contributed by atoms with van der Waals surface area (Å²) in [6.45, 7) is 2.88. The minimum Gasteiger partial charge on any atom is -0.383 e. The van der Waals surface area contributed by atoms with Gasteiger partial charge >= 0.3 is 0 Å². The van der Waals surface area contributed by atoms with E-state index in [2.05, 4.69) is 22.2 Å². The number of hydrogen-bond donors (Lipinski definition) is 2. The summed E-state index contributed by atoms with van der Waals surface area (Å²) < 4.78 is 0. The van der Waals surface area contributed by atoms with Crippen molar-refractivity contribution in [2.75, 3.05) is 12.0 Å². The van der Waals surface area contributed by atoms with Crippen LogP contribution in [0.1, 0.15) is 24.2 Å². The quantitative estimate of drug-likeness (QED) is 0.517. The van der Waals surface area contributed by atoms with Crippen molar-refractivity contribution in [3.63, 3.8) is 0 Å². The van der Waals surface area contributed by atoms with Gasteiger partial charge in [0.05, 0.1) is 5.69 Å². The Morgan fingerprint density at radius 3 is 3.00 bits per heavy atom. The molecule has 0 amide bonds. The molecule has 0 saturated heterocycles. The van der Waals surface area contributed by atoms with Crippen LogP contribution in [-0.2, 0) is 6.54 Å². The summed E-state index contributed by atoms with van der Waals surface area (Å²) in [6.07, 6.45) is 1.95. The number of rotatable bonds is 1. The predicted octanol–water partition coefficient (Wildman–Crippen LogP) is 0.945. The zero-order valence-electron chi connectivity index (χ0n) is 7.66. The largest absolute Gasteiger partial charge is 0.383 e. The van der Waals surface area contributed by atoms with E-state index >= 15 is 0 Å². The Balaban J connectivity index is 2.53. The smallest absolute Gasteiger partial charge is 0.189 e. The number of hydrogen-bond acceptors (Lipinski definition) is 5. The van der Waals surface area contributed by atoms with Gasteiger partial charge in [-0.25, -0.2) is 9.97 Å². The summed E-state index contributed by atoms with van der Waals surface area (Å²) in [7, 11) is 0. The third-order valence-electron chi connectivity index (χ3n) is 2.22. The maximum absolute atomic E-state index is 5.83. The van der Waals surface area contributed by atoms with Gasteiger partial charge in [0.15, 0.2) is 5.16 Å². The number of anilines is 1. The van der Waals surface area contributed by atoms with E-state index in [4.69, 9.17) is 5.73 Å². The van der Waals surface area contributed by atoms with E-state index in [1.165, 1.54) is 11.8 Å². The van der Waals surface area contributed by atoms with E-state index in [1.807, 2.05) is 6.26 Å². The Morgan fingerprint density at radius 1 is 1.54 bits per heavy atom. The number of thioether (sulfide) groups is 1. The number of fused-ring (bicyclic) bond motifs is 1. The van der Waals surface area contributed by atoms with Crippen LogP contribution in [0.2, 0.25) is 0 Å². The maximum atomic E-state index is 5.83. The van der Waals surface area contributed by atoms with Crippen LogP contribution in [0, 0.1) is 0 Å². The molecule has 0 aromatic carbocycles. The lowest BCUT2D eigenvalue weighted by atomic mass is 10.1. The molecule has 0 aliphatic carbocycles. The normalized spacial score (nSPS) is 20.3. The van der Waals surface area contributed by atoms with Gasteiger partial charge in [0, 0.05) is 18.2 Å². The van der Waals surface area contributed by atoms with E-state index in [-0.39, 0.29) is 6.04 Å². The molecule has 0 saturated carbocycles. The molecule has 4 nitrogen and oxygen atoms in total. The van der Waals surface area contributed by atoms with Crippen LogP contribution >= 0.6 is 11.8 Å².